The maximum atomic E-state index is 12.0. The lowest BCUT2D eigenvalue weighted by Gasteiger charge is -2.13. The summed E-state index contributed by atoms with van der Waals surface area (Å²) in [5.74, 6) is -2.29. The Morgan fingerprint density at radius 2 is 2.12 bits per heavy atom. The molecule has 0 aromatic carbocycles. The maximum Gasteiger partial charge on any atom is 0.573 e. The van der Waals surface area contributed by atoms with Crippen molar-refractivity contribution in [1.29, 1.82) is 0 Å². The summed E-state index contributed by atoms with van der Waals surface area (Å²) in [6.45, 7) is 0. The molecule has 1 rings (SSSR count). The van der Waals surface area contributed by atoms with Crippen LogP contribution in [-0.2, 0) is 0 Å². The van der Waals surface area contributed by atoms with E-state index in [1.165, 1.54) is 22.6 Å². The van der Waals surface area contributed by atoms with Crippen molar-refractivity contribution < 1.29 is 32.5 Å². The number of rotatable bonds is 3. The van der Waals surface area contributed by atoms with Gasteiger partial charge in [0.25, 0.3) is 0 Å². The predicted octanol–water partition coefficient (Wildman–Crippen LogP) is 2.29. The van der Waals surface area contributed by atoms with Crippen molar-refractivity contribution in [3.63, 3.8) is 0 Å². The van der Waals surface area contributed by atoms with Gasteiger partial charge in [-0.05, 0) is 22.6 Å². The minimum Gasteiger partial charge on any atom is -0.493 e. The van der Waals surface area contributed by atoms with Gasteiger partial charge in [0.2, 0.25) is 0 Å². The lowest BCUT2D eigenvalue weighted by atomic mass is 10.3. The van der Waals surface area contributed by atoms with Crippen molar-refractivity contribution in [2.24, 2.45) is 0 Å². The lowest BCUT2D eigenvalue weighted by molar-refractivity contribution is -0.275. The van der Waals surface area contributed by atoms with Crippen LogP contribution in [0.25, 0.3) is 0 Å². The predicted molar refractivity (Wildman–Crippen MR) is 57.1 cm³/mol. The molecule has 0 fully saturated rings. The van der Waals surface area contributed by atoms with Crippen LogP contribution >= 0.6 is 22.6 Å². The zero-order chi connectivity index (χ0) is 13.2. The zero-order valence-electron chi connectivity index (χ0n) is 8.21. The molecule has 0 spiro atoms. The van der Waals surface area contributed by atoms with Crippen LogP contribution in [0.2, 0.25) is 0 Å². The van der Waals surface area contributed by atoms with Crippen LogP contribution in [0.5, 0.6) is 11.5 Å². The van der Waals surface area contributed by atoms with Crippen molar-refractivity contribution in [2.45, 2.75) is 6.36 Å². The molecule has 0 radical (unpaired) electrons. The van der Waals surface area contributed by atoms with Gasteiger partial charge in [0.1, 0.15) is 3.57 Å². The van der Waals surface area contributed by atoms with Crippen LogP contribution in [0, 0.1) is 3.57 Å². The Balaban J connectivity index is 3.25. The first-order valence-corrected chi connectivity index (χ1v) is 5.05. The number of hydrogen-bond acceptors (Lipinski definition) is 4. The van der Waals surface area contributed by atoms with Crippen LogP contribution < -0.4 is 9.47 Å². The highest BCUT2D eigenvalue weighted by Crippen LogP contribution is 2.34. The van der Waals surface area contributed by atoms with Crippen molar-refractivity contribution in [2.75, 3.05) is 7.11 Å². The fraction of sp³-hybridized carbons (Fsp3) is 0.250. The summed E-state index contributed by atoms with van der Waals surface area (Å²) in [6.07, 6.45) is -4.20. The normalized spacial score (nSPS) is 11.1. The highest BCUT2D eigenvalue weighted by Gasteiger charge is 2.33. The number of halogens is 4. The Hall–Kier alpha value is -1.26. The minimum absolute atomic E-state index is 0.116. The molecule has 94 valence electrons. The molecule has 0 aliphatic carbocycles. The molecular formula is C8H5F3INO4. The van der Waals surface area contributed by atoms with Crippen LogP contribution in [0.3, 0.4) is 0 Å². The number of alkyl halides is 3. The Morgan fingerprint density at radius 1 is 1.53 bits per heavy atom. The van der Waals surface area contributed by atoms with Gasteiger partial charge in [0.05, 0.1) is 13.3 Å². The third kappa shape index (κ3) is 3.35. The number of pyridine rings is 1. The third-order valence-electron chi connectivity index (χ3n) is 1.57. The summed E-state index contributed by atoms with van der Waals surface area (Å²) >= 11 is 1.49. The molecule has 0 atom stereocenters. The summed E-state index contributed by atoms with van der Waals surface area (Å²) in [6, 6.07) is 0. The van der Waals surface area contributed by atoms with Gasteiger partial charge in [-0.3, -0.25) is 0 Å². The highest BCUT2D eigenvalue weighted by molar-refractivity contribution is 14.1. The first-order valence-electron chi connectivity index (χ1n) is 3.97. The van der Waals surface area contributed by atoms with Crippen molar-refractivity contribution in [3.8, 4) is 11.5 Å². The standard InChI is InChI=1S/C8H5F3INO4/c1-16-6-4(12)3(17-8(9,10)11)2-13-5(6)7(14)15/h2H,1H3,(H,14,15). The second-order valence-electron chi connectivity index (χ2n) is 2.67. The van der Waals surface area contributed by atoms with E-state index in [9.17, 15) is 18.0 Å². The molecule has 1 heterocycles. The van der Waals surface area contributed by atoms with Gasteiger partial charge < -0.3 is 14.6 Å². The first-order chi connectivity index (χ1) is 7.76. The summed E-state index contributed by atoms with van der Waals surface area (Å²) in [7, 11) is 1.13. The van der Waals surface area contributed by atoms with Crippen molar-refractivity contribution in [1.82, 2.24) is 4.98 Å². The van der Waals surface area contributed by atoms with E-state index < -0.39 is 23.8 Å². The second kappa shape index (κ2) is 4.94. The molecule has 17 heavy (non-hydrogen) atoms. The summed E-state index contributed by atoms with van der Waals surface area (Å²) < 4.78 is 44.3. The number of nitrogens with zero attached hydrogens (tertiary/aromatic N) is 1. The minimum atomic E-state index is -4.88. The van der Waals surface area contributed by atoms with Gasteiger partial charge in [-0.1, -0.05) is 0 Å². The molecule has 1 aromatic heterocycles. The second-order valence-corrected chi connectivity index (χ2v) is 3.75. The van der Waals surface area contributed by atoms with E-state index >= 15 is 0 Å². The van der Waals surface area contributed by atoms with Crippen molar-refractivity contribution in [3.05, 3.63) is 15.5 Å². The molecule has 0 aliphatic rings. The van der Waals surface area contributed by atoms with E-state index in [1.54, 1.807) is 0 Å². The average molecular weight is 363 g/mol. The van der Waals surface area contributed by atoms with Gasteiger partial charge in [0.15, 0.2) is 17.2 Å². The molecular weight excluding hydrogens is 358 g/mol. The van der Waals surface area contributed by atoms with E-state index in [2.05, 4.69) is 9.72 Å². The number of hydrogen-bond donors (Lipinski definition) is 1. The SMILES string of the molecule is COc1c(C(=O)O)ncc(OC(F)(F)F)c1I. The first kappa shape index (κ1) is 13.8. The van der Waals surface area contributed by atoms with Gasteiger partial charge in [-0.2, -0.15) is 0 Å². The summed E-state index contributed by atoms with van der Waals surface area (Å²) in [5.41, 5.74) is -0.480. The van der Waals surface area contributed by atoms with Crippen molar-refractivity contribution >= 4 is 28.6 Å². The number of aromatic carboxylic acids is 1. The number of carboxylic acid groups (broad SMARTS) is 1. The van der Waals surface area contributed by atoms with Crippen LogP contribution in [-0.4, -0.2) is 29.5 Å². The van der Waals surface area contributed by atoms with Gasteiger partial charge >= 0.3 is 12.3 Å². The van der Waals surface area contributed by atoms with Crippen LogP contribution in [0.15, 0.2) is 6.20 Å². The third-order valence-corrected chi connectivity index (χ3v) is 2.60. The Kier molecular flexibility index (Phi) is 4.01. The monoisotopic (exact) mass is 363 g/mol. The zero-order valence-corrected chi connectivity index (χ0v) is 10.4. The number of carbonyl (C=O) groups is 1. The molecule has 0 bridgehead atoms. The number of methoxy groups -OCH3 is 1. The van der Waals surface area contributed by atoms with E-state index in [0.29, 0.717) is 6.20 Å². The van der Waals surface area contributed by atoms with E-state index in [-0.39, 0.29) is 9.32 Å². The number of ether oxygens (including phenoxy) is 2. The molecule has 9 heteroatoms. The highest BCUT2D eigenvalue weighted by atomic mass is 127. The summed E-state index contributed by atoms with van der Waals surface area (Å²) in [4.78, 5) is 14.1. The molecule has 5 nitrogen and oxygen atoms in total. The summed E-state index contributed by atoms with van der Waals surface area (Å²) in [5, 5.41) is 8.74. The van der Waals surface area contributed by atoms with E-state index in [1.807, 2.05) is 0 Å². The molecule has 0 aliphatic heterocycles. The molecule has 0 unspecified atom stereocenters. The number of carboxylic acids is 1. The quantitative estimate of drug-likeness (QED) is 0.835. The van der Waals surface area contributed by atoms with E-state index in [4.69, 9.17) is 9.84 Å². The number of aromatic nitrogens is 1. The lowest BCUT2D eigenvalue weighted by Crippen LogP contribution is -2.19. The topological polar surface area (TPSA) is 68.7 Å². The molecule has 0 amide bonds. The average Bonchev–Trinajstić information content (AvgIpc) is 2.18. The van der Waals surface area contributed by atoms with Gasteiger partial charge in [0, 0.05) is 0 Å². The fourth-order valence-electron chi connectivity index (χ4n) is 0.989. The van der Waals surface area contributed by atoms with Gasteiger partial charge in [-0.25, -0.2) is 9.78 Å². The smallest absolute Gasteiger partial charge is 0.493 e. The molecule has 0 saturated heterocycles. The molecule has 1 aromatic rings. The van der Waals surface area contributed by atoms with Crippen LogP contribution in [0.4, 0.5) is 13.2 Å². The Labute approximate surface area is 107 Å². The van der Waals surface area contributed by atoms with Crippen LogP contribution in [0.1, 0.15) is 10.5 Å². The maximum absolute atomic E-state index is 12.0. The van der Waals surface area contributed by atoms with Gasteiger partial charge in [-0.15, -0.1) is 13.2 Å². The molecule has 0 saturated carbocycles. The largest absolute Gasteiger partial charge is 0.573 e. The fourth-order valence-corrected chi connectivity index (χ4v) is 1.71. The van der Waals surface area contributed by atoms with E-state index in [0.717, 1.165) is 7.11 Å². The molecule has 1 N–H and O–H groups in total. The Bertz CT molecular complexity index is 449. The Morgan fingerprint density at radius 3 is 2.53 bits per heavy atom.